The first-order valence-corrected chi connectivity index (χ1v) is 6.54. The van der Waals surface area contributed by atoms with Crippen LogP contribution in [0.15, 0.2) is 48.8 Å². The number of rotatable bonds is 4. The molecule has 2 aromatic carbocycles. The van der Waals surface area contributed by atoms with E-state index in [1.165, 1.54) is 5.56 Å². The van der Waals surface area contributed by atoms with E-state index in [1.54, 1.807) is 7.11 Å². The third-order valence-corrected chi connectivity index (χ3v) is 3.38. The van der Waals surface area contributed by atoms with Gasteiger partial charge in [-0.2, -0.15) is 0 Å². The maximum atomic E-state index is 5.15. The lowest BCUT2D eigenvalue weighted by atomic mass is 10.2. The van der Waals surface area contributed by atoms with Gasteiger partial charge < -0.3 is 14.6 Å². The minimum Gasteiger partial charge on any atom is -0.497 e. The number of nitrogens with one attached hydrogen (secondary N) is 1. The van der Waals surface area contributed by atoms with E-state index in [2.05, 4.69) is 40.6 Å². The normalized spacial score (nSPS) is 10.7. The Hall–Kier alpha value is -2.49. The summed E-state index contributed by atoms with van der Waals surface area (Å²) in [6, 6.07) is 14.3. The van der Waals surface area contributed by atoms with Gasteiger partial charge in [0.25, 0.3) is 0 Å². The van der Waals surface area contributed by atoms with Crippen LogP contribution in [0, 0.1) is 0 Å². The molecule has 1 N–H and O–H groups in total. The van der Waals surface area contributed by atoms with Gasteiger partial charge in [-0.1, -0.05) is 12.1 Å². The summed E-state index contributed by atoms with van der Waals surface area (Å²) >= 11 is 0. The van der Waals surface area contributed by atoms with Crippen LogP contribution in [-0.2, 0) is 13.6 Å². The lowest BCUT2D eigenvalue weighted by Crippen LogP contribution is -1.99. The zero-order chi connectivity index (χ0) is 13.9. The molecule has 0 unspecified atom stereocenters. The Bertz CT molecular complexity index is 716. The summed E-state index contributed by atoms with van der Waals surface area (Å²) in [5.41, 5.74) is 4.44. The van der Waals surface area contributed by atoms with Crippen LogP contribution >= 0.6 is 0 Å². The maximum Gasteiger partial charge on any atom is 0.118 e. The molecule has 0 aliphatic rings. The first-order chi connectivity index (χ1) is 9.76. The molecule has 20 heavy (non-hydrogen) atoms. The van der Waals surface area contributed by atoms with E-state index in [4.69, 9.17) is 4.74 Å². The molecule has 0 bridgehead atoms. The van der Waals surface area contributed by atoms with Gasteiger partial charge in [0.1, 0.15) is 5.75 Å². The van der Waals surface area contributed by atoms with E-state index in [0.717, 1.165) is 29.0 Å². The average molecular weight is 267 g/mol. The van der Waals surface area contributed by atoms with Crippen molar-refractivity contribution >= 4 is 16.7 Å². The van der Waals surface area contributed by atoms with Crippen molar-refractivity contribution in [1.82, 2.24) is 9.55 Å². The fourth-order valence-electron chi connectivity index (χ4n) is 2.19. The Morgan fingerprint density at radius 3 is 2.70 bits per heavy atom. The number of hydrogen-bond donors (Lipinski definition) is 1. The number of fused-ring (bicyclic) bond motifs is 1. The standard InChI is InChI=1S/C16H17N3O/c1-19-11-18-15-9-13(5-8-16(15)19)17-10-12-3-6-14(20-2)7-4-12/h3-9,11,17H,10H2,1-2H3. The van der Waals surface area contributed by atoms with Gasteiger partial charge in [-0.3, -0.25) is 0 Å². The van der Waals surface area contributed by atoms with Gasteiger partial charge in [0.05, 0.1) is 24.5 Å². The molecule has 0 fully saturated rings. The van der Waals surface area contributed by atoms with Crippen molar-refractivity contribution in [1.29, 1.82) is 0 Å². The molecule has 1 heterocycles. The molecular weight excluding hydrogens is 250 g/mol. The molecule has 3 aromatic rings. The molecule has 3 rings (SSSR count). The third-order valence-electron chi connectivity index (χ3n) is 3.38. The van der Waals surface area contributed by atoms with Crippen molar-refractivity contribution in [3.8, 4) is 5.75 Å². The molecular formula is C16H17N3O. The smallest absolute Gasteiger partial charge is 0.118 e. The predicted octanol–water partition coefficient (Wildman–Crippen LogP) is 3.19. The van der Waals surface area contributed by atoms with E-state index in [0.29, 0.717) is 0 Å². The molecule has 0 amide bonds. The molecule has 102 valence electrons. The summed E-state index contributed by atoms with van der Waals surface area (Å²) in [6.07, 6.45) is 1.83. The van der Waals surface area contributed by atoms with E-state index < -0.39 is 0 Å². The minimum atomic E-state index is 0.780. The molecule has 0 radical (unpaired) electrons. The number of aromatic nitrogens is 2. The van der Waals surface area contributed by atoms with E-state index in [9.17, 15) is 0 Å². The van der Waals surface area contributed by atoms with Crippen LogP contribution in [-0.4, -0.2) is 16.7 Å². The summed E-state index contributed by atoms with van der Waals surface area (Å²) < 4.78 is 7.17. The number of methoxy groups -OCH3 is 1. The molecule has 0 saturated carbocycles. The lowest BCUT2D eigenvalue weighted by Gasteiger charge is -2.07. The highest BCUT2D eigenvalue weighted by molar-refractivity contribution is 5.79. The highest BCUT2D eigenvalue weighted by Crippen LogP contribution is 2.18. The Kier molecular flexibility index (Phi) is 3.29. The Morgan fingerprint density at radius 2 is 1.95 bits per heavy atom. The fraction of sp³-hybridized carbons (Fsp3) is 0.188. The van der Waals surface area contributed by atoms with Gasteiger partial charge in [0, 0.05) is 19.3 Å². The quantitative estimate of drug-likeness (QED) is 0.789. The number of hydrogen-bond acceptors (Lipinski definition) is 3. The highest BCUT2D eigenvalue weighted by Gasteiger charge is 2.01. The third kappa shape index (κ3) is 2.45. The first-order valence-electron chi connectivity index (χ1n) is 6.54. The van der Waals surface area contributed by atoms with Gasteiger partial charge in [0.15, 0.2) is 0 Å². The van der Waals surface area contributed by atoms with Gasteiger partial charge in [0.2, 0.25) is 0 Å². The number of anilines is 1. The summed E-state index contributed by atoms with van der Waals surface area (Å²) in [4.78, 5) is 4.36. The first kappa shape index (κ1) is 12.5. The summed E-state index contributed by atoms with van der Waals surface area (Å²) in [6.45, 7) is 0.780. The van der Waals surface area contributed by atoms with Crippen molar-refractivity contribution in [2.24, 2.45) is 7.05 Å². The van der Waals surface area contributed by atoms with Gasteiger partial charge in [-0.25, -0.2) is 4.98 Å². The predicted molar refractivity (Wildman–Crippen MR) is 81.0 cm³/mol. The van der Waals surface area contributed by atoms with Gasteiger partial charge >= 0.3 is 0 Å². The number of nitrogens with zero attached hydrogens (tertiary/aromatic N) is 2. The lowest BCUT2D eigenvalue weighted by molar-refractivity contribution is 0.414. The number of benzene rings is 2. The summed E-state index contributed by atoms with van der Waals surface area (Å²) in [5, 5.41) is 3.41. The van der Waals surface area contributed by atoms with Crippen LogP contribution in [0.25, 0.3) is 11.0 Å². The Labute approximate surface area is 118 Å². The second-order valence-corrected chi connectivity index (χ2v) is 4.76. The van der Waals surface area contributed by atoms with Crippen molar-refractivity contribution in [2.45, 2.75) is 6.54 Å². The Morgan fingerprint density at radius 1 is 1.15 bits per heavy atom. The minimum absolute atomic E-state index is 0.780. The Balaban J connectivity index is 1.72. The zero-order valence-electron chi connectivity index (χ0n) is 11.6. The van der Waals surface area contributed by atoms with Crippen LogP contribution in [0.1, 0.15) is 5.56 Å². The molecule has 4 heteroatoms. The van der Waals surface area contributed by atoms with Crippen LogP contribution < -0.4 is 10.1 Å². The van der Waals surface area contributed by atoms with E-state index in [1.807, 2.05) is 30.1 Å². The topological polar surface area (TPSA) is 39.1 Å². The summed E-state index contributed by atoms with van der Waals surface area (Å²) in [7, 11) is 3.68. The van der Waals surface area contributed by atoms with Crippen molar-refractivity contribution < 1.29 is 4.74 Å². The number of imidazole rings is 1. The van der Waals surface area contributed by atoms with E-state index >= 15 is 0 Å². The average Bonchev–Trinajstić information content (AvgIpc) is 2.87. The molecule has 0 aliphatic heterocycles. The van der Waals surface area contributed by atoms with Gasteiger partial charge in [-0.15, -0.1) is 0 Å². The molecule has 0 aliphatic carbocycles. The zero-order valence-corrected chi connectivity index (χ0v) is 11.6. The van der Waals surface area contributed by atoms with Crippen LogP contribution in [0.5, 0.6) is 5.75 Å². The van der Waals surface area contributed by atoms with Crippen LogP contribution in [0.2, 0.25) is 0 Å². The maximum absolute atomic E-state index is 5.15. The van der Waals surface area contributed by atoms with Crippen molar-refractivity contribution in [3.63, 3.8) is 0 Å². The SMILES string of the molecule is COc1ccc(CNc2ccc3c(c2)ncn3C)cc1. The van der Waals surface area contributed by atoms with E-state index in [-0.39, 0.29) is 0 Å². The number of ether oxygens (including phenoxy) is 1. The molecule has 0 atom stereocenters. The highest BCUT2D eigenvalue weighted by atomic mass is 16.5. The monoisotopic (exact) mass is 267 g/mol. The second kappa shape index (κ2) is 5.25. The fourth-order valence-corrected chi connectivity index (χ4v) is 2.19. The second-order valence-electron chi connectivity index (χ2n) is 4.76. The van der Waals surface area contributed by atoms with Crippen LogP contribution in [0.3, 0.4) is 0 Å². The largest absolute Gasteiger partial charge is 0.497 e. The molecule has 0 saturated heterocycles. The van der Waals surface area contributed by atoms with Crippen molar-refractivity contribution in [3.05, 3.63) is 54.4 Å². The van der Waals surface area contributed by atoms with Crippen LogP contribution in [0.4, 0.5) is 5.69 Å². The molecule has 4 nitrogen and oxygen atoms in total. The van der Waals surface area contributed by atoms with Crippen molar-refractivity contribution in [2.75, 3.05) is 12.4 Å². The summed E-state index contributed by atoms with van der Waals surface area (Å²) in [5.74, 6) is 0.878. The van der Waals surface area contributed by atoms with Gasteiger partial charge in [-0.05, 0) is 35.9 Å². The number of aryl methyl sites for hydroxylation is 1. The molecule has 0 spiro atoms. The molecule has 1 aromatic heterocycles.